The Morgan fingerprint density at radius 3 is 1.20 bits per heavy atom. The molecular weight excluding hydrogens is 593 g/mol. The Morgan fingerprint density at radius 1 is 0.367 bits per heavy atom. The fraction of sp³-hybridized carbons (Fsp3) is 0.104. The van der Waals surface area contributed by atoms with Crippen molar-refractivity contribution in [3.05, 3.63) is 224 Å². The van der Waals surface area contributed by atoms with Crippen LogP contribution in [0.25, 0.3) is 22.3 Å². The van der Waals surface area contributed by atoms with Crippen LogP contribution in [0, 0.1) is 20.8 Å². The summed E-state index contributed by atoms with van der Waals surface area (Å²) >= 11 is 0. The molecule has 1 nitrogen and oxygen atoms in total. The molecule has 0 aromatic heterocycles. The van der Waals surface area contributed by atoms with Gasteiger partial charge in [0.05, 0.1) is 10.8 Å². The van der Waals surface area contributed by atoms with Gasteiger partial charge in [-0.25, -0.2) is 0 Å². The van der Waals surface area contributed by atoms with E-state index < -0.39 is 10.8 Å². The molecule has 0 heterocycles. The smallest absolute Gasteiger partial charge is 0.150 e. The molecule has 1 unspecified atom stereocenters. The summed E-state index contributed by atoms with van der Waals surface area (Å²) < 4.78 is 0. The average Bonchev–Trinajstić information content (AvgIpc) is 3.60. The minimum Gasteiger partial charge on any atom is -0.298 e. The molecule has 0 radical (unpaired) electrons. The first-order valence-corrected chi connectivity index (χ1v) is 17.1. The van der Waals surface area contributed by atoms with Crippen LogP contribution in [-0.2, 0) is 10.8 Å². The standard InChI is InChI=1S/C48H36O/c1-31-15-21-35(22-16-31)47(36-23-17-32(2)18-24-36)43-13-6-4-11-39(43)41-29-46-42(28-45(41)47)40-12-5-7-14-44(40)48(46,37-25-19-33(3)20-26-37)38-10-8-9-34(27-38)30-49/h4-30H,1-3H3. The van der Waals surface area contributed by atoms with Crippen LogP contribution < -0.4 is 0 Å². The van der Waals surface area contributed by atoms with E-state index in [-0.39, 0.29) is 0 Å². The van der Waals surface area contributed by atoms with E-state index in [0.29, 0.717) is 5.56 Å². The summed E-state index contributed by atoms with van der Waals surface area (Å²) in [5.41, 5.74) is 18.2. The molecular formula is C48H36O. The summed E-state index contributed by atoms with van der Waals surface area (Å²) in [5.74, 6) is 0. The van der Waals surface area contributed by atoms with E-state index in [1.165, 1.54) is 77.9 Å². The molecule has 1 atom stereocenters. The molecule has 0 spiro atoms. The van der Waals surface area contributed by atoms with Crippen LogP contribution in [0.2, 0.25) is 0 Å². The molecule has 0 fully saturated rings. The highest BCUT2D eigenvalue weighted by atomic mass is 16.1. The third-order valence-electron chi connectivity index (χ3n) is 11.1. The molecule has 1 heteroatoms. The van der Waals surface area contributed by atoms with E-state index in [1.807, 2.05) is 12.1 Å². The van der Waals surface area contributed by atoms with Crippen LogP contribution in [0.3, 0.4) is 0 Å². The molecule has 2 aliphatic carbocycles. The van der Waals surface area contributed by atoms with Gasteiger partial charge in [-0.15, -0.1) is 0 Å². The summed E-state index contributed by atoms with van der Waals surface area (Å²) in [6.45, 7) is 6.46. The second-order valence-corrected chi connectivity index (χ2v) is 13.9. The molecule has 0 N–H and O–H groups in total. The minimum absolute atomic E-state index is 0.496. The van der Waals surface area contributed by atoms with Gasteiger partial charge < -0.3 is 0 Å². The maximum atomic E-state index is 12.2. The predicted octanol–water partition coefficient (Wildman–Crippen LogP) is 11.2. The van der Waals surface area contributed by atoms with Gasteiger partial charge in [0.15, 0.2) is 0 Å². The fourth-order valence-corrected chi connectivity index (χ4v) is 8.88. The summed E-state index contributed by atoms with van der Waals surface area (Å²) in [6, 6.07) is 58.3. The minimum atomic E-state index is -0.610. The number of hydrogen-bond donors (Lipinski definition) is 0. The van der Waals surface area contributed by atoms with Gasteiger partial charge in [-0.05, 0) is 106 Å². The van der Waals surface area contributed by atoms with Gasteiger partial charge in [-0.3, -0.25) is 4.79 Å². The first-order valence-electron chi connectivity index (χ1n) is 17.1. The highest BCUT2D eigenvalue weighted by Crippen LogP contribution is 2.62. The van der Waals surface area contributed by atoms with Gasteiger partial charge in [0.1, 0.15) is 6.29 Å². The van der Waals surface area contributed by atoms with Crippen LogP contribution in [0.5, 0.6) is 0 Å². The fourth-order valence-electron chi connectivity index (χ4n) is 8.88. The SMILES string of the molecule is Cc1ccc(C2(c3ccc(C)cc3)c3ccccc3-c3cc4c(cc32)-c2ccccc2C4(c2ccc(C)cc2)c2cccc(C=O)c2)cc1. The number of aryl methyl sites for hydroxylation is 3. The van der Waals surface area contributed by atoms with Crippen LogP contribution in [0.15, 0.2) is 158 Å². The number of carbonyl (C=O) groups excluding carboxylic acids is 1. The Bertz CT molecular complexity index is 2370. The first kappa shape index (κ1) is 29.4. The zero-order chi connectivity index (χ0) is 33.3. The summed E-state index contributed by atoms with van der Waals surface area (Å²) in [5, 5.41) is 0. The number of fused-ring (bicyclic) bond motifs is 6. The molecule has 0 saturated heterocycles. The van der Waals surface area contributed by atoms with Crippen molar-refractivity contribution in [3.63, 3.8) is 0 Å². The zero-order valence-corrected chi connectivity index (χ0v) is 28.0. The topological polar surface area (TPSA) is 17.1 Å². The van der Waals surface area contributed by atoms with E-state index in [9.17, 15) is 4.79 Å². The Labute approximate surface area is 288 Å². The summed E-state index contributed by atoms with van der Waals surface area (Å²) in [6.07, 6.45) is 0.963. The van der Waals surface area contributed by atoms with Gasteiger partial charge in [0, 0.05) is 5.56 Å². The summed E-state index contributed by atoms with van der Waals surface area (Å²) in [4.78, 5) is 12.2. The number of hydrogen-bond acceptors (Lipinski definition) is 1. The molecule has 7 aromatic rings. The van der Waals surface area contributed by atoms with Crippen LogP contribution in [-0.4, -0.2) is 6.29 Å². The Kier molecular flexibility index (Phi) is 6.51. The lowest BCUT2D eigenvalue weighted by Crippen LogP contribution is -2.30. The van der Waals surface area contributed by atoms with Crippen molar-refractivity contribution >= 4 is 6.29 Å². The Balaban J connectivity index is 1.45. The first-order chi connectivity index (χ1) is 24.0. The van der Waals surface area contributed by atoms with Gasteiger partial charge >= 0.3 is 0 Å². The van der Waals surface area contributed by atoms with Crippen molar-refractivity contribution in [1.82, 2.24) is 0 Å². The van der Waals surface area contributed by atoms with Gasteiger partial charge in [0.2, 0.25) is 0 Å². The normalized spacial score (nSPS) is 16.4. The lowest BCUT2D eigenvalue weighted by Gasteiger charge is -2.36. The van der Waals surface area contributed by atoms with Crippen molar-refractivity contribution in [2.24, 2.45) is 0 Å². The van der Waals surface area contributed by atoms with Gasteiger partial charge in [0.25, 0.3) is 0 Å². The maximum Gasteiger partial charge on any atom is 0.150 e. The molecule has 49 heavy (non-hydrogen) atoms. The van der Waals surface area contributed by atoms with E-state index in [0.717, 1.165) is 11.8 Å². The predicted molar refractivity (Wildman–Crippen MR) is 201 cm³/mol. The van der Waals surface area contributed by atoms with Crippen molar-refractivity contribution in [2.75, 3.05) is 0 Å². The molecule has 0 bridgehead atoms. The largest absolute Gasteiger partial charge is 0.298 e. The molecule has 234 valence electrons. The lowest BCUT2D eigenvalue weighted by molar-refractivity contribution is 0.112. The van der Waals surface area contributed by atoms with E-state index >= 15 is 0 Å². The van der Waals surface area contributed by atoms with Crippen molar-refractivity contribution < 1.29 is 4.79 Å². The molecule has 0 amide bonds. The second-order valence-electron chi connectivity index (χ2n) is 13.9. The maximum absolute atomic E-state index is 12.2. The molecule has 2 aliphatic rings. The molecule has 0 saturated carbocycles. The number of aldehydes is 1. The third-order valence-corrected chi connectivity index (χ3v) is 11.1. The highest BCUT2D eigenvalue weighted by molar-refractivity contribution is 5.94. The monoisotopic (exact) mass is 628 g/mol. The van der Waals surface area contributed by atoms with Crippen molar-refractivity contribution in [2.45, 2.75) is 31.6 Å². The quantitative estimate of drug-likeness (QED) is 0.173. The van der Waals surface area contributed by atoms with Gasteiger partial charge in [-0.2, -0.15) is 0 Å². The van der Waals surface area contributed by atoms with E-state index in [2.05, 4.69) is 166 Å². The zero-order valence-electron chi connectivity index (χ0n) is 28.0. The lowest BCUT2D eigenvalue weighted by atomic mass is 9.65. The van der Waals surface area contributed by atoms with E-state index in [1.54, 1.807) is 0 Å². The molecule has 7 aromatic carbocycles. The van der Waals surface area contributed by atoms with Crippen molar-refractivity contribution in [3.8, 4) is 22.3 Å². The number of carbonyl (C=O) groups is 1. The third kappa shape index (κ3) is 4.03. The van der Waals surface area contributed by atoms with Gasteiger partial charge in [-0.1, -0.05) is 156 Å². The summed E-state index contributed by atoms with van der Waals surface area (Å²) in [7, 11) is 0. The highest BCUT2D eigenvalue weighted by Gasteiger charge is 2.51. The van der Waals surface area contributed by atoms with Crippen LogP contribution >= 0.6 is 0 Å². The van der Waals surface area contributed by atoms with E-state index in [4.69, 9.17) is 0 Å². The molecule has 9 rings (SSSR count). The average molecular weight is 629 g/mol. The molecule has 0 aliphatic heterocycles. The Morgan fingerprint density at radius 2 is 0.776 bits per heavy atom. The number of benzene rings is 7. The second kappa shape index (κ2) is 10.9. The Hall–Kier alpha value is -5.79. The van der Waals surface area contributed by atoms with Crippen molar-refractivity contribution in [1.29, 1.82) is 0 Å². The number of rotatable bonds is 5. The van der Waals surface area contributed by atoms with Crippen LogP contribution in [0.4, 0.5) is 0 Å². The van der Waals surface area contributed by atoms with Crippen LogP contribution in [0.1, 0.15) is 71.6 Å².